The topological polar surface area (TPSA) is 73.7 Å². The first-order chi connectivity index (χ1) is 10.6. The lowest BCUT2D eigenvalue weighted by Crippen LogP contribution is -2.26. The fourth-order valence-corrected chi connectivity index (χ4v) is 2.01. The van der Waals surface area contributed by atoms with Crippen LogP contribution in [0.25, 0.3) is 0 Å². The molecule has 1 amide bonds. The van der Waals surface area contributed by atoms with E-state index in [1.54, 1.807) is 43.3 Å². The first-order valence-corrected chi connectivity index (χ1v) is 7.05. The second-order valence-corrected chi connectivity index (χ2v) is 4.99. The van der Waals surface area contributed by atoms with E-state index in [2.05, 4.69) is 15.8 Å². The van der Waals surface area contributed by atoms with Crippen molar-refractivity contribution in [1.29, 1.82) is 0 Å². The number of hydrogen-bond donors (Lipinski definition) is 3. The second kappa shape index (κ2) is 7.47. The molecule has 0 aliphatic heterocycles. The number of nitrogens with zero attached hydrogens (tertiary/aromatic N) is 1. The average molecular weight is 318 g/mol. The van der Waals surface area contributed by atoms with Crippen molar-refractivity contribution in [2.75, 3.05) is 11.9 Å². The molecule has 0 aliphatic carbocycles. The number of para-hydroxylation sites is 2. The van der Waals surface area contributed by atoms with E-state index in [1.165, 1.54) is 0 Å². The fourth-order valence-electron chi connectivity index (χ4n) is 1.81. The molecule has 0 heterocycles. The Balaban J connectivity index is 1.91. The minimum Gasteiger partial charge on any atom is -0.507 e. The Morgan fingerprint density at radius 1 is 1.18 bits per heavy atom. The Labute approximate surface area is 133 Å². The standard InChI is InChI=1S/C16H16ClN3O2/c1-11(12-6-2-5-9-15(12)21)19-20-16(22)10-18-14-8-4-3-7-13(14)17/h2-9,18,21H,10H2,1H3,(H,20,22). The van der Waals surface area contributed by atoms with Crippen LogP contribution in [-0.4, -0.2) is 23.3 Å². The van der Waals surface area contributed by atoms with E-state index < -0.39 is 0 Å². The molecule has 0 atom stereocenters. The molecule has 0 saturated carbocycles. The lowest BCUT2D eigenvalue weighted by molar-refractivity contribution is -0.119. The third-order valence-electron chi connectivity index (χ3n) is 2.96. The van der Waals surface area contributed by atoms with Gasteiger partial charge < -0.3 is 10.4 Å². The Hall–Kier alpha value is -2.53. The molecule has 0 saturated heterocycles. The molecule has 0 fully saturated rings. The van der Waals surface area contributed by atoms with Crippen molar-refractivity contribution in [2.45, 2.75) is 6.92 Å². The lowest BCUT2D eigenvalue weighted by atomic mass is 10.1. The Morgan fingerprint density at radius 3 is 2.59 bits per heavy atom. The van der Waals surface area contributed by atoms with Crippen LogP contribution in [0.15, 0.2) is 53.6 Å². The predicted molar refractivity (Wildman–Crippen MR) is 88.4 cm³/mol. The van der Waals surface area contributed by atoms with Gasteiger partial charge in [0, 0.05) is 5.56 Å². The lowest BCUT2D eigenvalue weighted by Gasteiger charge is -2.08. The van der Waals surface area contributed by atoms with Crippen molar-refractivity contribution in [3.8, 4) is 5.75 Å². The van der Waals surface area contributed by atoms with Crippen molar-refractivity contribution in [1.82, 2.24) is 5.43 Å². The number of benzene rings is 2. The number of nitrogens with one attached hydrogen (secondary N) is 2. The molecular formula is C16H16ClN3O2. The van der Waals surface area contributed by atoms with Gasteiger partial charge in [0.05, 0.1) is 23.0 Å². The summed E-state index contributed by atoms with van der Waals surface area (Å²) in [5, 5.41) is 17.2. The van der Waals surface area contributed by atoms with Crippen LogP contribution < -0.4 is 10.7 Å². The highest BCUT2D eigenvalue weighted by Crippen LogP contribution is 2.19. The molecule has 0 bridgehead atoms. The van der Waals surface area contributed by atoms with Gasteiger partial charge in [0.25, 0.3) is 5.91 Å². The van der Waals surface area contributed by atoms with Crippen LogP contribution in [0.1, 0.15) is 12.5 Å². The van der Waals surface area contributed by atoms with Crippen molar-refractivity contribution in [3.63, 3.8) is 0 Å². The van der Waals surface area contributed by atoms with Crippen molar-refractivity contribution in [2.24, 2.45) is 5.10 Å². The molecule has 5 nitrogen and oxygen atoms in total. The molecule has 0 aromatic heterocycles. The zero-order chi connectivity index (χ0) is 15.9. The number of halogens is 1. The van der Waals surface area contributed by atoms with Crippen LogP contribution in [0, 0.1) is 0 Å². The first kappa shape index (κ1) is 15.9. The van der Waals surface area contributed by atoms with Gasteiger partial charge in [-0.3, -0.25) is 4.79 Å². The third-order valence-corrected chi connectivity index (χ3v) is 3.28. The van der Waals surface area contributed by atoms with Gasteiger partial charge in [0.1, 0.15) is 5.75 Å². The Kier molecular flexibility index (Phi) is 5.38. The summed E-state index contributed by atoms with van der Waals surface area (Å²) in [6, 6.07) is 14.0. The van der Waals surface area contributed by atoms with Gasteiger partial charge in [-0.05, 0) is 31.2 Å². The molecular weight excluding hydrogens is 302 g/mol. The second-order valence-electron chi connectivity index (χ2n) is 4.58. The van der Waals surface area contributed by atoms with Crippen LogP contribution >= 0.6 is 11.6 Å². The van der Waals surface area contributed by atoms with Crippen LogP contribution in [0.3, 0.4) is 0 Å². The summed E-state index contributed by atoms with van der Waals surface area (Å²) in [5.41, 5.74) is 4.20. The number of hydrogen-bond acceptors (Lipinski definition) is 4. The van der Waals surface area contributed by atoms with Gasteiger partial charge in [0.2, 0.25) is 0 Å². The number of carbonyl (C=O) groups is 1. The molecule has 2 rings (SSSR count). The first-order valence-electron chi connectivity index (χ1n) is 6.68. The van der Waals surface area contributed by atoms with Crippen LogP contribution in [0.5, 0.6) is 5.75 Å². The number of aromatic hydroxyl groups is 1. The summed E-state index contributed by atoms with van der Waals surface area (Å²) in [6.07, 6.45) is 0. The zero-order valence-electron chi connectivity index (χ0n) is 12.0. The van der Waals surface area contributed by atoms with Gasteiger partial charge in [0.15, 0.2) is 0 Å². The van der Waals surface area contributed by atoms with Gasteiger partial charge in [-0.2, -0.15) is 5.10 Å². The van der Waals surface area contributed by atoms with Crippen molar-refractivity contribution >= 4 is 28.9 Å². The zero-order valence-corrected chi connectivity index (χ0v) is 12.8. The smallest absolute Gasteiger partial charge is 0.259 e. The summed E-state index contributed by atoms with van der Waals surface area (Å²) in [7, 11) is 0. The highest BCUT2D eigenvalue weighted by molar-refractivity contribution is 6.33. The minimum atomic E-state index is -0.310. The SMILES string of the molecule is CC(=NNC(=O)CNc1ccccc1Cl)c1ccccc1O. The third kappa shape index (κ3) is 4.23. The molecule has 22 heavy (non-hydrogen) atoms. The van der Waals surface area contributed by atoms with Gasteiger partial charge in [-0.25, -0.2) is 5.43 Å². The number of hydrazone groups is 1. The number of anilines is 1. The molecule has 114 valence electrons. The number of amides is 1. The van der Waals surface area contributed by atoms with E-state index in [0.29, 0.717) is 22.0 Å². The summed E-state index contributed by atoms with van der Waals surface area (Å²) in [6.45, 7) is 1.75. The number of carbonyl (C=O) groups excluding carboxylic acids is 1. The molecule has 2 aromatic rings. The molecule has 3 N–H and O–H groups in total. The van der Waals surface area contributed by atoms with E-state index in [9.17, 15) is 9.90 Å². The van der Waals surface area contributed by atoms with E-state index in [1.807, 2.05) is 12.1 Å². The van der Waals surface area contributed by atoms with Crippen LogP contribution in [0.2, 0.25) is 5.02 Å². The predicted octanol–water partition coefficient (Wildman–Crippen LogP) is 3.00. The Bertz CT molecular complexity index is 701. The molecule has 0 spiro atoms. The molecule has 6 heteroatoms. The Morgan fingerprint density at radius 2 is 1.86 bits per heavy atom. The highest BCUT2D eigenvalue weighted by atomic mass is 35.5. The van der Waals surface area contributed by atoms with Crippen LogP contribution in [0.4, 0.5) is 5.69 Å². The largest absolute Gasteiger partial charge is 0.507 e. The normalized spacial score (nSPS) is 11.1. The molecule has 0 radical (unpaired) electrons. The summed E-state index contributed by atoms with van der Waals surface area (Å²) in [4.78, 5) is 11.8. The number of phenolic OH excluding ortho intramolecular Hbond substituents is 1. The fraction of sp³-hybridized carbons (Fsp3) is 0.125. The number of rotatable bonds is 5. The quantitative estimate of drug-likeness (QED) is 0.586. The maximum atomic E-state index is 11.8. The minimum absolute atomic E-state index is 0.0429. The molecule has 0 aliphatic rings. The molecule has 0 unspecified atom stereocenters. The highest BCUT2D eigenvalue weighted by Gasteiger charge is 2.05. The number of phenols is 1. The van der Waals surface area contributed by atoms with Gasteiger partial charge >= 0.3 is 0 Å². The van der Waals surface area contributed by atoms with E-state index in [-0.39, 0.29) is 18.2 Å². The van der Waals surface area contributed by atoms with E-state index in [4.69, 9.17) is 11.6 Å². The molecule has 2 aromatic carbocycles. The van der Waals surface area contributed by atoms with Gasteiger partial charge in [-0.1, -0.05) is 35.9 Å². The monoisotopic (exact) mass is 317 g/mol. The maximum Gasteiger partial charge on any atom is 0.259 e. The van der Waals surface area contributed by atoms with Crippen molar-refractivity contribution < 1.29 is 9.90 Å². The van der Waals surface area contributed by atoms with Gasteiger partial charge in [-0.15, -0.1) is 0 Å². The summed E-state index contributed by atoms with van der Waals surface area (Å²) < 4.78 is 0. The van der Waals surface area contributed by atoms with Crippen LogP contribution in [-0.2, 0) is 4.79 Å². The van der Waals surface area contributed by atoms with Crippen molar-refractivity contribution in [3.05, 3.63) is 59.1 Å². The van der Waals surface area contributed by atoms with E-state index in [0.717, 1.165) is 0 Å². The van der Waals surface area contributed by atoms with E-state index >= 15 is 0 Å². The average Bonchev–Trinajstić information content (AvgIpc) is 2.52. The maximum absolute atomic E-state index is 11.8. The summed E-state index contributed by atoms with van der Waals surface area (Å²) in [5.74, 6) is -0.193. The summed E-state index contributed by atoms with van der Waals surface area (Å²) >= 11 is 5.98.